The monoisotopic (exact) mass is 321 g/mol. The van der Waals surface area contributed by atoms with E-state index in [-0.39, 0.29) is 6.04 Å². The second-order valence-electron chi connectivity index (χ2n) is 5.06. The molecule has 0 bridgehead atoms. The van der Waals surface area contributed by atoms with Crippen LogP contribution in [-0.4, -0.2) is 9.78 Å². The lowest BCUT2D eigenvalue weighted by molar-refractivity contribution is 0.728. The van der Waals surface area contributed by atoms with E-state index in [1.165, 1.54) is 16.8 Å². The molecule has 3 nitrogen and oxygen atoms in total. The van der Waals surface area contributed by atoms with E-state index in [9.17, 15) is 0 Å². The van der Waals surface area contributed by atoms with E-state index in [0.29, 0.717) is 0 Å². The van der Waals surface area contributed by atoms with Crippen molar-refractivity contribution in [2.45, 2.75) is 33.7 Å². The van der Waals surface area contributed by atoms with Gasteiger partial charge in [-0.25, -0.2) is 0 Å². The van der Waals surface area contributed by atoms with Crippen LogP contribution < -0.4 is 5.32 Å². The zero-order chi connectivity index (χ0) is 14.2. The van der Waals surface area contributed by atoms with Crippen molar-refractivity contribution in [3.63, 3.8) is 0 Å². The van der Waals surface area contributed by atoms with E-state index in [1.807, 2.05) is 11.7 Å². The summed E-state index contributed by atoms with van der Waals surface area (Å²) in [6, 6.07) is 6.56. The Kier molecular flexibility index (Phi) is 3.99. The molecule has 102 valence electrons. The van der Waals surface area contributed by atoms with Crippen LogP contribution in [0.4, 0.5) is 5.69 Å². The van der Waals surface area contributed by atoms with Crippen molar-refractivity contribution in [3.05, 3.63) is 45.2 Å². The van der Waals surface area contributed by atoms with E-state index >= 15 is 0 Å². The van der Waals surface area contributed by atoms with Gasteiger partial charge in [-0.15, -0.1) is 0 Å². The van der Waals surface area contributed by atoms with Gasteiger partial charge in [0.05, 0.1) is 11.7 Å². The van der Waals surface area contributed by atoms with Crippen LogP contribution in [0.1, 0.15) is 35.5 Å². The van der Waals surface area contributed by atoms with Gasteiger partial charge in [-0.05, 0) is 61.3 Å². The number of aromatic nitrogens is 2. The lowest BCUT2D eigenvalue weighted by Crippen LogP contribution is -2.09. The first-order valence-corrected chi connectivity index (χ1v) is 7.22. The number of hydrogen-bond donors (Lipinski definition) is 1. The number of anilines is 1. The average molecular weight is 322 g/mol. The maximum atomic E-state index is 4.48. The van der Waals surface area contributed by atoms with Gasteiger partial charge in [0.1, 0.15) is 0 Å². The molecule has 1 aromatic carbocycles. The van der Waals surface area contributed by atoms with Gasteiger partial charge in [-0.1, -0.05) is 6.07 Å². The molecule has 0 aliphatic carbocycles. The standard InChI is InChI=1S/C15H20BrN3/c1-9-6-7-13(16)14(8-9)17-10(2)15-11(3)18-19(5)12(15)4/h6-8,10,17H,1-5H3. The number of halogens is 1. The van der Waals surface area contributed by atoms with Crippen molar-refractivity contribution in [2.75, 3.05) is 5.32 Å². The summed E-state index contributed by atoms with van der Waals surface area (Å²) in [6.45, 7) is 8.44. The summed E-state index contributed by atoms with van der Waals surface area (Å²) < 4.78 is 3.03. The molecule has 0 fully saturated rings. The molecule has 0 aliphatic rings. The van der Waals surface area contributed by atoms with Crippen LogP contribution >= 0.6 is 15.9 Å². The minimum Gasteiger partial charge on any atom is -0.377 e. The molecule has 0 aliphatic heterocycles. The lowest BCUT2D eigenvalue weighted by Gasteiger charge is -2.18. The molecule has 2 rings (SSSR count). The van der Waals surface area contributed by atoms with Gasteiger partial charge >= 0.3 is 0 Å². The molecule has 0 saturated carbocycles. The molecule has 1 unspecified atom stereocenters. The van der Waals surface area contributed by atoms with Crippen LogP contribution in [0.3, 0.4) is 0 Å². The van der Waals surface area contributed by atoms with Gasteiger partial charge in [0, 0.05) is 28.5 Å². The molecule has 1 heterocycles. The van der Waals surface area contributed by atoms with Gasteiger partial charge in [0.15, 0.2) is 0 Å². The molecule has 2 aromatic rings. The molecule has 4 heteroatoms. The summed E-state index contributed by atoms with van der Waals surface area (Å²) in [5.41, 5.74) is 5.94. The third-order valence-electron chi connectivity index (χ3n) is 3.49. The Morgan fingerprint density at radius 1 is 1.26 bits per heavy atom. The molecule has 0 amide bonds. The average Bonchev–Trinajstić information content (AvgIpc) is 2.58. The smallest absolute Gasteiger partial charge is 0.0649 e. The number of aryl methyl sites for hydroxylation is 3. The van der Waals surface area contributed by atoms with Crippen molar-refractivity contribution >= 4 is 21.6 Å². The second-order valence-corrected chi connectivity index (χ2v) is 5.91. The normalized spacial score (nSPS) is 12.5. The first-order valence-electron chi connectivity index (χ1n) is 6.43. The first-order chi connectivity index (χ1) is 8.90. The van der Waals surface area contributed by atoms with Gasteiger partial charge in [-0.2, -0.15) is 5.10 Å². The quantitative estimate of drug-likeness (QED) is 0.914. The van der Waals surface area contributed by atoms with Crippen LogP contribution in [0.25, 0.3) is 0 Å². The SMILES string of the molecule is Cc1ccc(Br)c(NC(C)c2c(C)nn(C)c2C)c1. The Morgan fingerprint density at radius 2 is 1.95 bits per heavy atom. The number of nitrogens with zero attached hydrogens (tertiary/aromatic N) is 2. The summed E-state index contributed by atoms with van der Waals surface area (Å²) >= 11 is 3.59. The van der Waals surface area contributed by atoms with Crippen LogP contribution in [0, 0.1) is 20.8 Å². The zero-order valence-electron chi connectivity index (χ0n) is 12.1. The molecule has 1 aromatic heterocycles. The van der Waals surface area contributed by atoms with Crippen LogP contribution in [-0.2, 0) is 7.05 Å². The van der Waals surface area contributed by atoms with Crippen molar-refractivity contribution in [1.29, 1.82) is 0 Å². The maximum absolute atomic E-state index is 4.48. The Balaban J connectivity index is 2.30. The summed E-state index contributed by atoms with van der Waals surface area (Å²) in [4.78, 5) is 0. The molecular weight excluding hydrogens is 302 g/mol. The summed E-state index contributed by atoms with van der Waals surface area (Å²) in [5, 5.41) is 8.04. The molecular formula is C15H20BrN3. The Morgan fingerprint density at radius 3 is 2.53 bits per heavy atom. The second kappa shape index (κ2) is 5.37. The van der Waals surface area contributed by atoms with Gasteiger partial charge in [0.25, 0.3) is 0 Å². The lowest BCUT2D eigenvalue weighted by atomic mass is 10.1. The molecule has 0 saturated heterocycles. The highest BCUT2D eigenvalue weighted by molar-refractivity contribution is 9.10. The molecule has 0 radical (unpaired) electrons. The summed E-state index contributed by atoms with van der Waals surface area (Å²) in [7, 11) is 1.99. The summed E-state index contributed by atoms with van der Waals surface area (Å²) in [6.07, 6.45) is 0. The first kappa shape index (κ1) is 14.1. The van der Waals surface area contributed by atoms with Crippen molar-refractivity contribution in [1.82, 2.24) is 9.78 Å². The van der Waals surface area contributed by atoms with E-state index in [1.54, 1.807) is 0 Å². The van der Waals surface area contributed by atoms with Crippen molar-refractivity contribution in [2.24, 2.45) is 7.05 Å². The molecule has 1 atom stereocenters. The predicted molar refractivity (Wildman–Crippen MR) is 83.6 cm³/mol. The highest BCUT2D eigenvalue weighted by Crippen LogP contribution is 2.29. The Hall–Kier alpha value is -1.29. The van der Waals surface area contributed by atoms with Gasteiger partial charge in [-0.3, -0.25) is 4.68 Å². The highest BCUT2D eigenvalue weighted by atomic mass is 79.9. The largest absolute Gasteiger partial charge is 0.377 e. The number of rotatable bonds is 3. The van der Waals surface area contributed by atoms with E-state index in [4.69, 9.17) is 0 Å². The van der Waals surface area contributed by atoms with Crippen LogP contribution in [0.15, 0.2) is 22.7 Å². The number of hydrogen-bond acceptors (Lipinski definition) is 2. The van der Waals surface area contributed by atoms with E-state index in [2.05, 4.69) is 72.2 Å². The molecule has 0 spiro atoms. The van der Waals surface area contributed by atoms with Crippen molar-refractivity contribution < 1.29 is 0 Å². The van der Waals surface area contributed by atoms with Crippen LogP contribution in [0.2, 0.25) is 0 Å². The Bertz CT molecular complexity index is 602. The Labute approximate surface area is 123 Å². The van der Waals surface area contributed by atoms with Gasteiger partial charge in [0.2, 0.25) is 0 Å². The molecule has 19 heavy (non-hydrogen) atoms. The molecule has 1 N–H and O–H groups in total. The zero-order valence-corrected chi connectivity index (χ0v) is 13.7. The van der Waals surface area contributed by atoms with E-state index < -0.39 is 0 Å². The maximum Gasteiger partial charge on any atom is 0.0649 e. The minimum absolute atomic E-state index is 0.229. The third-order valence-corrected chi connectivity index (χ3v) is 4.18. The number of benzene rings is 1. The minimum atomic E-state index is 0.229. The van der Waals surface area contributed by atoms with Gasteiger partial charge < -0.3 is 5.32 Å². The van der Waals surface area contributed by atoms with Crippen LogP contribution in [0.5, 0.6) is 0 Å². The number of nitrogens with one attached hydrogen (secondary N) is 1. The fraction of sp³-hybridized carbons (Fsp3) is 0.400. The fourth-order valence-electron chi connectivity index (χ4n) is 2.47. The fourth-order valence-corrected chi connectivity index (χ4v) is 2.83. The van der Waals surface area contributed by atoms with E-state index in [0.717, 1.165) is 15.9 Å². The third kappa shape index (κ3) is 2.84. The highest BCUT2D eigenvalue weighted by Gasteiger charge is 2.16. The summed E-state index contributed by atoms with van der Waals surface area (Å²) in [5.74, 6) is 0. The predicted octanol–water partition coefficient (Wildman–Crippen LogP) is 4.28. The van der Waals surface area contributed by atoms with Crippen molar-refractivity contribution in [3.8, 4) is 0 Å². The topological polar surface area (TPSA) is 29.9 Å².